The van der Waals surface area contributed by atoms with Gasteiger partial charge in [0, 0.05) is 49.4 Å². The van der Waals surface area contributed by atoms with Gasteiger partial charge in [-0.3, -0.25) is 9.59 Å². The minimum atomic E-state index is -0.394. The smallest absolute Gasteiger partial charge is 0.228 e. The zero-order valence-corrected chi connectivity index (χ0v) is 18.0. The minimum absolute atomic E-state index is 0.130. The van der Waals surface area contributed by atoms with Crippen molar-refractivity contribution in [1.29, 1.82) is 0 Å². The van der Waals surface area contributed by atoms with Gasteiger partial charge in [0.2, 0.25) is 11.8 Å². The Morgan fingerprint density at radius 2 is 1.71 bits per heavy atom. The standard InChI is InChI=1S/C23H35N3O2/c1-23(2,3)22(28)26(19-11-12-19)15-17-14-18(10-13-20(17)25(4)5)24-21(27)16-8-6-7-9-16/h10,13-14,16,19H,6-9,11-12,15H2,1-5H3,(H,24,27). The molecule has 5 nitrogen and oxygen atoms in total. The first-order valence-electron chi connectivity index (χ1n) is 10.6. The van der Waals surface area contributed by atoms with Crippen LogP contribution in [0.5, 0.6) is 0 Å². The van der Waals surface area contributed by atoms with E-state index < -0.39 is 5.41 Å². The van der Waals surface area contributed by atoms with Crippen LogP contribution in [0.1, 0.15) is 64.9 Å². The molecule has 0 aromatic heterocycles. The summed E-state index contributed by atoms with van der Waals surface area (Å²) in [6.07, 6.45) is 6.44. The molecule has 1 N–H and O–H groups in total. The van der Waals surface area contributed by atoms with E-state index in [4.69, 9.17) is 0 Å². The molecule has 0 atom stereocenters. The molecule has 154 valence electrons. The van der Waals surface area contributed by atoms with Gasteiger partial charge in [0.15, 0.2) is 0 Å². The van der Waals surface area contributed by atoms with E-state index in [-0.39, 0.29) is 17.7 Å². The second-order valence-corrected chi connectivity index (χ2v) is 9.62. The molecular weight excluding hydrogens is 350 g/mol. The molecule has 28 heavy (non-hydrogen) atoms. The molecule has 0 aliphatic heterocycles. The Balaban J connectivity index is 1.82. The maximum Gasteiger partial charge on any atom is 0.228 e. The van der Waals surface area contributed by atoms with Crippen LogP contribution >= 0.6 is 0 Å². The third-order valence-electron chi connectivity index (χ3n) is 5.79. The lowest BCUT2D eigenvalue weighted by atomic mass is 9.94. The van der Waals surface area contributed by atoms with E-state index in [0.717, 1.165) is 55.5 Å². The van der Waals surface area contributed by atoms with E-state index in [2.05, 4.69) is 10.2 Å². The third-order valence-corrected chi connectivity index (χ3v) is 5.79. The molecule has 1 aromatic rings. The van der Waals surface area contributed by atoms with Crippen molar-refractivity contribution < 1.29 is 9.59 Å². The average molecular weight is 386 g/mol. The number of amides is 2. The highest BCUT2D eigenvalue weighted by Crippen LogP contribution is 2.35. The summed E-state index contributed by atoms with van der Waals surface area (Å²) in [6.45, 7) is 6.53. The molecule has 0 saturated heterocycles. The van der Waals surface area contributed by atoms with Gasteiger partial charge in [-0.25, -0.2) is 0 Å². The molecular formula is C23H35N3O2. The van der Waals surface area contributed by atoms with Crippen LogP contribution in [0, 0.1) is 11.3 Å². The van der Waals surface area contributed by atoms with E-state index in [1.165, 1.54) is 0 Å². The average Bonchev–Trinajstić information content (AvgIpc) is 3.30. The van der Waals surface area contributed by atoms with E-state index in [9.17, 15) is 9.59 Å². The highest BCUT2D eigenvalue weighted by Gasteiger charge is 2.37. The lowest BCUT2D eigenvalue weighted by Crippen LogP contribution is -2.40. The van der Waals surface area contributed by atoms with Gasteiger partial charge in [0.05, 0.1) is 0 Å². The fraction of sp³-hybridized carbons (Fsp3) is 0.652. The lowest BCUT2D eigenvalue weighted by Gasteiger charge is -2.31. The number of carbonyl (C=O) groups is 2. The predicted octanol–water partition coefficient (Wildman–Crippen LogP) is 4.42. The van der Waals surface area contributed by atoms with Gasteiger partial charge in [-0.05, 0) is 49.4 Å². The van der Waals surface area contributed by atoms with Crippen molar-refractivity contribution in [2.24, 2.45) is 11.3 Å². The van der Waals surface area contributed by atoms with Crippen LogP contribution in [0.15, 0.2) is 18.2 Å². The topological polar surface area (TPSA) is 52.7 Å². The Kier molecular flexibility index (Phi) is 6.01. The number of hydrogen-bond donors (Lipinski definition) is 1. The summed E-state index contributed by atoms with van der Waals surface area (Å²) in [4.78, 5) is 29.7. The van der Waals surface area contributed by atoms with Crippen LogP contribution < -0.4 is 10.2 Å². The second-order valence-electron chi connectivity index (χ2n) is 9.62. The molecule has 0 spiro atoms. The van der Waals surface area contributed by atoms with Crippen molar-refractivity contribution in [3.63, 3.8) is 0 Å². The quantitative estimate of drug-likeness (QED) is 0.789. The zero-order chi connectivity index (χ0) is 20.5. The van der Waals surface area contributed by atoms with Crippen molar-refractivity contribution in [1.82, 2.24) is 4.90 Å². The Morgan fingerprint density at radius 3 is 2.25 bits per heavy atom. The van der Waals surface area contributed by atoms with Crippen molar-refractivity contribution in [2.75, 3.05) is 24.3 Å². The van der Waals surface area contributed by atoms with Crippen LogP contribution in [0.2, 0.25) is 0 Å². The van der Waals surface area contributed by atoms with E-state index in [1.807, 2.05) is 58.0 Å². The summed E-state index contributed by atoms with van der Waals surface area (Å²) < 4.78 is 0. The molecule has 1 aromatic carbocycles. The summed E-state index contributed by atoms with van der Waals surface area (Å²) in [5, 5.41) is 3.11. The molecule has 2 fully saturated rings. The maximum absolute atomic E-state index is 13.0. The molecule has 0 unspecified atom stereocenters. The van der Waals surface area contributed by atoms with Gasteiger partial charge in [-0.15, -0.1) is 0 Å². The summed E-state index contributed by atoms with van der Waals surface area (Å²) in [5.41, 5.74) is 2.61. The van der Waals surface area contributed by atoms with Crippen LogP contribution in [0.25, 0.3) is 0 Å². The molecule has 5 heteroatoms. The number of anilines is 2. The Hall–Kier alpha value is -2.04. The second kappa shape index (κ2) is 8.14. The highest BCUT2D eigenvalue weighted by molar-refractivity contribution is 5.93. The summed E-state index contributed by atoms with van der Waals surface area (Å²) in [5.74, 6) is 0.466. The maximum atomic E-state index is 13.0. The van der Waals surface area contributed by atoms with E-state index in [0.29, 0.717) is 12.6 Å². The number of hydrogen-bond acceptors (Lipinski definition) is 3. The van der Waals surface area contributed by atoms with Crippen molar-refractivity contribution in [3.8, 4) is 0 Å². The Bertz CT molecular complexity index is 726. The normalized spacial score (nSPS) is 17.5. The number of nitrogens with zero attached hydrogens (tertiary/aromatic N) is 2. The molecule has 2 amide bonds. The highest BCUT2D eigenvalue weighted by atomic mass is 16.2. The largest absolute Gasteiger partial charge is 0.377 e. The Labute approximate surface area is 169 Å². The van der Waals surface area contributed by atoms with Gasteiger partial charge in [-0.1, -0.05) is 33.6 Å². The summed E-state index contributed by atoms with van der Waals surface area (Å²) in [7, 11) is 4.03. The van der Waals surface area contributed by atoms with E-state index in [1.54, 1.807) is 0 Å². The molecule has 2 aliphatic carbocycles. The first-order chi connectivity index (χ1) is 13.2. The van der Waals surface area contributed by atoms with Gasteiger partial charge < -0.3 is 15.1 Å². The molecule has 2 aliphatic rings. The first kappa shape index (κ1) is 20.7. The lowest BCUT2D eigenvalue weighted by molar-refractivity contribution is -0.140. The van der Waals surface area contributed by atoms with Gasteiger partial charge in [0.25, 0.3) is 0 Å². The van der Waals surface area contributed by atoms with Crippen LogP contribution in [-0.2, 0) is 16.1 Å². The summed E-state index contributed by atoms with van der Waals surface area (Å²) >= 11 is 0. The molecule has 2 saturated carbocycles. The third kappa shape index (κ3) is 4.86. The SMILES string of the molecule is CN(C)c1ccc(NC(=O)C2CCCC2)cc1CN(C(=O)C(C)(C)C)C1CC1. The van der Waals surface area contributed by atoms with Crippen LogP contribution in [-0.4, -0.2) is 36.9 Å². The van der Waals surface area contributed by atoms with Crippen molar-refractivity contribution in [3.05, 3.63) is 23.8 Å². The van der Waals surface area contributed by atoms with Crippen LogP contribution in [0.3, 0.4) is 0 Å². The van der Waals surface area contributed by atoms with Gasteiger partial charge in [0.1, 0.15) is 0 Å². The first-order valence-corrected chi connectivity index (χ1v) is 10.6. The van der Waals surface area contributed by atoms with Crippen molar-refractivity contribution in [2.45, 2.75) is 71.9 Å². The predicted molar refractivity (Wildman–Crippen MR) is 114 cm³/mol. The number of carbonyl (C=O) groups excluding carboxylic acids is 2. The number of nitrogens with one attached hydrogen (secondary N) is 1. The van der Waals surface area contributed by atoms with Crippen molar-refractivity contribution >= 4 is 23.2 Å². The fourth-order valence-electron chi connectivity index (χ4n) is 4.03. The number of benzene rings is 1. The van der Waals surface area contributed by atoms with Gasteiger partial charge >= 0.3 is 0 Å². The monoisotopic (exact) mass is 385 g/mol. The molecule has 0 radical (unpaired) electrons. The zero-order valence-electron chi connectivity index (χ0n) is 18.0. The minimum Gasteiger partial charge on any atom is -0.377 e. The fourth-order valence-corrected chi connectivity index (χ4v) is 4.03. The molecule has 0 bridgehead atoms. The summed E-state index contributed by atoms with van der Waals surface area (Å²) in [6, 6.07) is 6.41. The number of rotatable bonds is 6. The molecule has 0 heterocycles. The molecule has 3 rings (SSSR count). The van der Waals surface area contributed by atoms with E-state index >= 15 is 0 Å². The van der Waals surface area contributed by atoms with Gasteiger partial charge in [-0.2, -0.15) is 0 Å². The Morgan fingerprint density at radius 1 is 1.07 bits per heavy atom. The van der Waals surface area contributed by atoms with Crippen LogP contribution in [0.4, 0.5) is 11.4 Å².